The van der Waals surface area contributed by atoms with Gasteiger partial charge in [0.15, 0.2) is 0 Å². The van der Waals surface area contributed by atoms with Crippen LogP contribution in [0.4, 0.5) is 5.69 Å². The maximum absolute atomic E-state index is 12.4. The van der Waals surface area contributed by atoms with Crippen LogP contribution in [0.2, 0.25) is 0 Å². The molecule has 1 aromatic carbocycles. The van der Waals surface area contributed by atoms with Crippen molar-refractivity contribution in [3.63, 3.8) is 0 Å². The van der Waals surface area contributed by atoms with E-state index < -0.39 is 10.0 Å². The highest BCUT2D eigenvalue weighted by molar-refractivity contribution is 9.11. The lowest BCUT2D eigenvalue weighted by Gasteiger charge is -2.12. The van der Waals surface area contributed by atoms with Crippen molar-refractivity contribution in [1.82, 2.24) is 0 Å². The predicted molar refractivity (Wildman–Crippen MR) is 87.1 cm³/mol. The third kappa shape index (κ3) is 3.50. The fourth-order valence-electron chi connectivity index (χ4n) is 1.64. The van der Waals surface area contributed by atoms with Gasteiger partial charge in [-0.25, -0.2) is 8.42 Å². The highest BCUT2D eigenvalue weighted by Gasteiger charge is 2.20. The summed E-state index contributed by atoms with van der Waals surface area (Å²) in [6, 6.07) is 6.50. The lowest BCUT2D eigenvalue weighted by atomic mass is 10.3. The monoisotopic (exact) mass is 391 g/mol. The second-order valence-electron chi connectivity index (χ2n) is 4.19. The van der Waals surface area contributed by atoms with E-state index in [1.165, 1.54) is 14.2 Å². The summed E-state index contributed by atoms with van der Waals surface area (Å²) < 4.78 is 38.6. The van der Waals surface area contributed by atoms with Crippen molar-refractivity contribution in [2.45, 2.75) is 11.1 Å². The summed E-state index contributed by atoms with van der Waals surface area (Å²) in [4.78, 5) is 0. The van der Waals surface area contributed by atoms with Crippen LogP contribution in [0.3, 0.4) is 0 Å². The maximum Gasteiger partial charge on any atom is 0.271 e. The molecule has 1 N–H and O–H groups in total. The summed E-state index contributed by atoms with van der Waals surface area (Å²) in [6.07, 6.45) is 0. The Labute approximate surface area is 136 Å². The second-order valence-corrected chi connectivity index (χ2v) is 8.47. The van der Waals surface area contributed by atoms with Crippen LogP contribution < -0.4 is 14.2 Å². The van der Waals surface area contributed by atoms with Gasteiger partial charge in [-0.05, 0) is 46.6 Å². The predicted octanol–water partition coefficient (Wildman–Crippen LogP) is 3.64. The van der Waals surface area contributed by atoms with Gasteiger partial charge in [0.25, 0.3) is 10.0 Å². The first kappa shape index (κ1) is 16.1. The van der Waals surface area contributed by atoms with Crippen molar-refractivity contribution in [2.24, 2.45) is 0 Å². The first-order chi connectivity index (χ1) is 9.87. The van der Waals surface area contributed by atoms with Crippen molar-refractivity contribution < 1.29 is 17.9 Å². The smallest absolute Gasteiger partial charge is 0.271 e. The number of methoxy groups -OCH3 is 2. The molecule has 114 valence electrons. The second kappa shape index (κ2) is 6.25. The minimum atomic E-state index is -3.65. The molecule has 0 unspecified atom stereocenters. The third-order valence-corrected chi connectivity index (χ3v) is 6.73. The first-order valence-electron chi connectivity index (χ1n) is 5.88. The zero-order valence-corrected chi connectivity index (χ0v) is 14.9. The number of hydrogen-bond acceptors (Lipinski definition) is 5. The molecule has 0 spiro atoms. The number of ether oxygens (including phenoxy) is 2. The normalized spacial score (nSPS) is 11.2. The summed E-state index contributed by atoms with van der Waals surface area (Å²) in [5, 5.41) is 0. The molecule has 0 aliphatic rings. The topological polar surface area (TPSA) is 64.6 Å². The number of benzene rings is 1. The Morgan fingerprint density at radius 1 is 1.19 bits per heavy atom. The van der Waals surface area contributed by atoms with Crippen LogP contribution in [0.15, 0.2) is 32.3 Å². The summed E-state index contributed by atoms with van der Waals surface area (Å²) in [7, 11) is -0.646. The van der Waals surface area contributed by atoms with Gasteiger partial charge in [0.05, 0.1) is 23.7 Å². The third-order valence-electron chi connectivity index (χ3n) is 2.75. The van der Waals surface area contributed by atoms with E-state index in [-0.39, 0.29) is 4.21 Å². The molecule has 0 radical (unpaired) electrons. The zero-order valence-electron chi connectivity index (χ0n) is 11.6. The molecule has 1 aromatic heterocycles. The molecule has 0 amide bonds. The molecular formula is C13H14BrNO4S2. The minimum Gasteiger partial charge on any atom is -0.497 e. The van der Waals surface area contributed by atoms with Crippen LogP contribution in [0.25, 0.3) is 0 Å². The highest BCUT2D eigenvalue weighted by atomic mass is 79.9. The molecule has 1 heterocycles. The average Bonchev–Trinajstić information content (AvgIpc) is 2.79. The molecule has 0 bridgehead atoms. The molecule has 0 aliphatic carbocycles. The van der Waals surface area contributed by atoms with Gasteiger partial charge in [-0.15, -0.1) is 11.3 Å². The lowest BCUT2D eigenvalue weighted by molar-refractivity contribution is 0.395. The average molecular weight is 392 g/mol. The number of anilines is 1. The summed E-state index contributed by atoms with van der Waals surface area (Å²) in [5.41, 5.74) is 1.24. The standard InChI is InChI=1S/C13H14BrNO4S2/c1-8-6-12(20-13(8)14)21(16,17)15-10-5-4-9(18-2)7-11(10)19-3/h4-7,15H,1-3H3. The van der Waals surface area contributed by atoms with Gasteiger partial charge >= 0.3 is 0 Å². The number of sulfonamides is 1. The Kier molecular flexibility index (Phi) is 4.80. The Balaban J connectivity index is 2.36. The van der Waals surface area contributed by atoms with Crippen LogP contribution in [0.1, 0.15) is 5.56 Å². The van der Waals surface area contributed by atoms with Crippen molar-refractivity contribution in [2.75, 3.05) is 18.9 Å². The quantitative estimate of drug-likeness (QED) is 0.844. The molecule has 2 aromatic rings. The summed E-state index contributed by atoms with van der Waals surface area (Å²) >= 11 is 4.49. The number of halogens is 1. The van der Waals surface area contributed by atoms with Gasteiger partial charge in [0, 0.05) is 6.07 Å². The molecule has 2 rings (SSSR count). The van der Waals surface area contributed by atoms with Gasteiger partial charge in [0.2, 0.25) is 0 Å². The Hall–Kier alpha value is -1.25. The Bertz CT molecular complexity index is 736. The van der Waals surface area contributed by atoms with E-state index in [0.29, 0.717) is 17.2 Å². The fourth-order valence-corrected chi connectivity index (χ4v) is 4.94. The highest BCUT2D eigenvalue weighted by Crippen LogP contribution is 2.34. The van der Waals surface area contributed by atoms with Gasteiger partial charge < -0.3 is 9.47 Å². The number of thiophene rings is 1. The van der Waals surface area contributed by atoms with Crippen LogP contribution in [-0.2, 0) is 10.0 Å². The Morgan fingerprint density at radius 3 is 2.43 bits per heavy atom. The molecule has 0 saturated heterocycles. The molecule has 21 heavy (non-hydrogen) atoms. The van der Waals surface area contributed by atoms with E-state index in [1.54, 1.807) is 24.3 Å². The van der Waals surface area contributed by atoms with E-state index in [4.69, 9.17) is 9.47 Å². The van der Waals surface area contributed by atoms with Crippen molar-refractivity contribution >= 4 is 43.0 Å². The van der Waals surface area contributed by atoms with E-state index in [2.05, 4.69) is 20.7 Å². The van der Waals surface area contributed by atoms with Crippen molar-refractivity contribution in [3.8, 4) is 11.5 Å². The van der Waals surface area contributed by atoms with Crippen LogP contribution in [-0.4, -0.2) is 22.6 Å². The van der Waals surface area contributed by atoms with Gasteiger partial charge in [0.1, 0.15) is 15.7 Å². The molecule has 0 atom stereocenters. The van der Waals surface area contributed by atoms with Crippen LogP contribution in [0, 0.1) is 6.92 Å². The molecule has 0 fully saturated rings. The molecule has 5 nitrogen and oxygen atoms in total. The number of rotatable bonds is 5. The van der Waals surface area contributed by atoms with Crippen molar-refractivity contribution in [3.05, 3.63) is 33.6 Å². The van der Waals surface area contributed by atoms with Crippen LogP contribution >= 0.6 is 27.3 Å². The largest absolute Gasteiger partial charge is 0.497 e. The SMILES string of the molecule is COc1ccc(NS(=O)(=O)c2cc(C)c(Br)s2)c(OC)c1. The number of nitrogens with one attached hydrogen (secondary N) is 1. The van der Waals surface area contributed by atoms with E-state index in [1.807, 2.05) is 6.92 Å². The zero-order chi connectivity index (χ0) is 15.6. The molecular weight excluding hydrogens is 378 g/mol. The Morgan fingerprint density at radius 2 is 1.90 bits per heavy atom. The minimum absolute atomic E-state index is 0.241. The van der Waals surface area contributed by atoms with E-state index in [9.17, 15) is 8.42 Å². The summed E-state index contributed by atoms with van der Waals surface area (Å²) in [5.74, 6) is 0.981. The number of hydrogen-bond donors (Lipinski definition) is 1. The lowest BCUT2D eigenvalue weighted by Crippen LogP contribution is -2.12. The van der Waals surface area contributed by atoms with Crippen LogP contribution in [0.5, 0.6) is 11.5 Å². The first-order valence-corrected chi connectivity index (χ1v) is 8.97. The van der Waals surface area contributed by atoms with Gasteiger partial charge in [-0.1, -0.05) is 0 Å². The van der Waals surface area contributed by atoms with Crippen molar-refractivity contribution in [1.29, 1.82) is 0 Å². The summed E-state index contributed by atoms with van der Waals surface area (Å²) in [6.45, 7) is 1.84. The fraction of sp³-hybridized carbons (Fsp3) is 0.231. The molecule has 8 heteroatoms. The number of aryl methyl sites for hydroxylation is 1. The van der Waals surface area contributed by atoms with E-state index in [0.717, 1.165) is 20.7 Å². The maximum atomic E-state index is 12.4. The molecule has 0 aliphatic heterocycles. The van der Waals surface area contributed by atoms with Gasteiger partial charge in [-0.2, -0.15) is 0 Å². The van der Waals surface area contributed by atoms with Gasteiger partial charge in [-0.3, -0.25) is 4.72 Å². The van der Waals surface area contributed by atoms with E-state index >= 15 is 0 Å². The molecule has 0 saturated carbocycles.